The number of benzene rings is 2. The van der Waals surface area contributed by atoms with Crippen LogP contribution in [-0.2, 0) is 16.1 Å². The molecule has 0 aliphatic rings. The Balaban J connectivity index is 2.12. The highest BCUT2D eigenvalue weighted by atomic mass is 32.1. The molecule has 1 heterocycles. The Bertz CT molecular complexity index is 1190. The fraction of sp³-hybridized carbons (Fsp3) is 0.286. The number of carbonyl (C=O) groups is 2. The molecule has 0 aliphatic carbocycles. The lowest BCUT2D eigenvalue weighted by atomic mass is 10.0. The second kappa shape index (κ2) is 9.00. The van der Waals surface area contributed by atoms with Crippen molar-refractivity contribution in [2.75, 3.05) is 6.61 Å². The molecule has 8 nitrogen and oxygen atoms in total. The van der Waals surface area contributed by atoms with Crippen molar-refractivity contribution in [3.63, 3.8) is 0 Å². The van der Waals surface area contributed by atoms with E-state index in [1.807, 2.05) is 18.2 Å². The molecule has 0 radical (unpaired) electrons. The highest BCUT2D eigenvalue weighted by Gasteiger charge is 2.15. The maximum absolute atomic E-state index is 12.7. The van der Waals surface area contributed by atoms with Crippen LogP contribution < -0.4 is 4.80 Å². The summed E-state index contributed by atoms with van der Waals surface area (Å²) < 4.78 is 7.58. The van der Waals surface area contributed by atoms with E-state index < -0.39 is 16.8 Å². The van der Waals surface area contributed by atoms with Gasteiger partial charge in [0.1, 0.15) is 6.54 Å². The number of nitro benzene ring substituents is 1. The zero-order chi connectivity index (χ0) is 21.8. The van der Waals surface area contributed by atoms with Gasteiger partial charge in [-0.2, -0.15) is 4.99 Å². The fourth-order valence-corrected chi connectivity index (χ4v) is 4.00. The molecule has 1 aromatic heterocycles. The van der Waals surface area contributed by atoms with Crippen molar-refractivity contribution in [2.24, 2.45) is 4.99 Å². The van der Waals surface area contributed by atoms with E-state index in [4.69, 9.17) is 4.74 Å². The maximum Gasteiger partial charge on any atom is 0.326 e. The van der Waals surface area contributed by atoms with Crippen LogP contribution in [0.2, 0.25) is 0 Å². The molecule has 3 rings (SSSR count). The summed E-state index contributed by atoms with van der Waals surface area (Å²) in [5.74, 6) is -0.733. The lowest BCUT2D eigenvalue weighted by Gasteiger charge is -2.07. The highest BCUT2D eigenvalue weighted by molar-refractivity contribution is 7.16. The van der Waals surface area contributed by atoms with Crippen LogP contribution in [-0.4, -0.2) is 28.0 Å². The lowest BCUT2D eigenvalue weighted by Crippen LogP contribution is -2.23. The van der Waals surface area contributed by atoms with E-state index in [9.17, 15) is 19.7 Å². The first-order valence-electron chi connectivity index (χ1n) is 9.42. The zero-order valence-electron chi connectivity index (χ0n) is 16.8. The molecule has 0 saturated carbocycles. The molecule has 0 saturated heterocycles. The summed E-state index contributed by atoms with van der Waals surface area (Å²) >= 11 is 1.28. The van der Waals surface area contributed by atoms with Crippen molar-refractivity contribution in [3.05, 3.63) is 68.5 Å². The van der Waals surface area contributed by atoms with Crippen LogP contribution in [0.3, 0.4) is 0 Å². The number of nitro groups is 1. The van der Waals surface area contributed by atoms with Gasteiger partial charge in [-0.3, -0.25) is 19.7 Å². The third kappa shape index (κ3) is 4.62. The van der Waals surface area contributed by atoms with E-state index in [0.29, 0.717) is 10.7 Å². The number of esters is 1. The Morgan fingerprint density at radius 2 is 2.00 bits per heavy atom. The third-order valence-corrected chi connectivity index (χ3v) is 5.51. The summed E-state index contributed by atoms with van der Waals surface area (Å²) in [5.41, 5.74) is 1.81. The molecule has 0 unspecified atom stereocenters. The van der Waals surface area contributed by atoms with Gasteiger partial charge in [0.05, 0.1) is 21.7 Å². The van der Waals surface area contributed by atoms with Crippen molar-refractivity contribution < 1.29 is 19.2 Å². The van der Waals surface area contributed by atoms with Crippen LogP contribution in [0.25, 0.3) is 10.2 Å². The number of carbonyl (C=O) groups excluding carboxylic acids is 2. The second-order valence-electron chi connectivity index (χ2n) is 6.88. The zero-order valence-corrected chi connectivity index (χ0v) is 17.6. The van der Waals surface area contributed by atoms with Crippen molar-refractivity contribution >= 4 is 39.1 Å². The summed E-state index contributed by atoms with van der Waals surface area (Å²) in [6, 6.07) is 11.3. The fourth-order valence-electron chi connectivity index (χ4n) is 2.93. The third-order valence-electron chi connectivity index (χ3n) is 4.47. The molecule has 1 amide bonds. The first-order valence-corrected chi connectivity index (χ1v) is 10.2. The number of ether oxygens (including phenoxy) is 1. The molecule has 156 valence electrons. The summed E-state index contributed by atoms with van der Waals surface area (Å²) in [4.78, 5) is 39.7. The molecule has 0 fully saturated rings. The Labute approximate surface area is 176 Å². The van der Waals surface area contributed by atoms with Crippen LogP contribution in [0.1, 0.15) is 42.6 Å². The summed E-state index contributed by atoms with van der Waals surface area (Å²) in [6.07, 6.45) is 0. The minimum Gasteiger partial charge on any atom is -0.465 e. The van der Waals surface area contributed by atoms with Gasteiger partial charge < -0.3 is 9.30 Å². The molecule has 0 N–H and O–H groups in total. The predicted molar refractivity (Wildman–Crippen MR) is 114 cm³/mol. The normalized spacial score (nSPS) is 11.8. The average Bonchev–Trinajstić information content (AvgIpc) is 3.04. The molecule has 2 aromatic carbocycles. The van der Waals surface area contributed by atoms with E-state index in [0.717, 1.165) is 15.8 Å². The number of rotatable bonds is 6. The molecule has 0 spiro atoms. The predicted octanol–water partition coefficient (Wildman–Crippen LogP) is 4.04. The van der Waals surface area contributed by atoms with E-state index in [1.54, 1.807) is 11.5 Å². The monoisotopic (exact) mass is 427 g/mol. The number of nitrogens with zero attached hydrogens (tertiary/aromatic N) is 3. The van der Waals surface area contributed by atoms with Crippen LogP contribution in [0.5, 0.6) is 0 Å². The number of fused-ring (bicyclic) bond motifs is 1. The average molecular weight is 427 g/mol. The molecule has 0 aliphatic heterocycles. The quantitative estimate of drug-likeness (QED) is 0.335. The van der Waals surface area contributed by atoms with Gasteiger partial charge in [0.15, 0.2) is 4.80 Å². The van der Waals surface area contributed by atoms with Gasteiger partial charge in [0.25, 0.3) is 11.6 Å². The van der Waals surface area contributed by atoms with Crippen molar-refractivity contribution in [2.45, 2.75) is 33.2 Å². The highest BCUT2D eigenvalue weighted by Crippen LogP contribution is 2.24. The standard InChI is InChI=1S/C21H21N3O5S/c1-4-29-19(25)12-23-17-9-8-14(13(2)3)11-18(17)30-21(23)22-20(26)15-6-5-7-16(10-15)24(27)28/h5-11,13H,4,12H2,1-3H3. The molecule has 3 aromatic rings. The molecular weight excluding hydrogens is 406 g/mol. The largest absolute Gasteiger partial charge is 0.465 e. The van der Waals surface area contributed by atoms with Crippen LogP contribution in [0.4, 0.5) is 5.69 Å². The molecule has 0 bridgehead atoms. The Kier molecular flexibility index (Phi) is 6.41. The maximum atomic E-state index is 12.7. The minimum absolute atomic E-state index is 0.0874. The smallest absolute Gasteiger partial charge is 0.326 e. The van der Waals surface area contributed by atoms with Gasteiger partial charge in [-0.15, -0.1) is 0 Å². The first-order chi connectivity index (χ1) is 14.3. The summed E-state index contributed by atoms with van der Waals surface area (Å²) in [7, 11) is 0. The van der Waals surface area contributed by atoms with Crippen molar-refractivity contribution in [1.29, 1.82) is 0 Å². The molecule has 0 atom stereocenters. The van der Waals surface area contributed by atoms with Crippen molar-refractivity contribution in [3.8, 4) is 0 Å². The topological polar surface area (TPSA) is 104 Å². The number of thiazole rings is 1. The van der Waals surface area contributed by atoms with E-state index in [1.165, 1.54) is 35.6 Å². The summed E-state index contributed by atoms with van der Waals surface area (Å²) in [6.45, 7) is 6.05. The minimum atomic E-state index is -0.619. The van der Waals surface area contributed by atoms with E-state index >= 15 is 0 Å². The first kappa shape index (κ1) is 21.4. The molecule has 30 heavy (non-hydrogen) atoms. The SMILES string of the molecule is CCOC(=O)Cn1c(=NC(=O)c2cccc([N+](=O)[O-])c2)sc2cc(C(C)C)ccc21. The lowest BCUT2D eigenvalue weighted by molar-refractivity contribution is -0.384. The number of aromatic nitrogens is 1. The van der Waals surface area contributed by atoms with Gasteiger partial charge in [-0.25, -0.2) is 0 Å². The Hall–Kier alpha value is -3.33. The number of hydrogen-bond acceptors (Lipinski definition) is 6. The van der Waals surface area contributed by atoms with Gasteiger partial charge in [-0.05, 0) is 36.6 Å². The van der Waals surface area contributed by atoms with Crippen LogP contribution in [0.15, 0.2) is 47.5 Å². The van der Waals surface area contributed by atoms with E-state index in [-0.39, 0.29) is 24.4 Å². The van der Waals surface area contributed by atoms with E-state index in [2.05, 4.69) is 18.8 Å². The van der Waals surface area contributed by atoms with Gasteiger partial charge in [-0.1, -0.05) is 37.3 Å². The number of non-ortho nitro benzene ring substituents is 1. The van der Waals surface area contributed by atoms with Gasteiger partial charge in [0.2, 0.25) is 0 Å². The summed E-state index contributed by atoms with van der Waals surface area (Å²) in [5, 5.41) is 11.0. The number of amides is 1. The van der Waals surface area contributed by atoms with Gasteiger partial charge >= 0.3 is 5.97 Å². The molecular formula is C21H21N3O5S. The second-order valence-corrected chi connectivity index (χ2v) is 7.89. The van der Waals surface area contributed by atoms with Crippen LogP contribution in [0, 0.1) is 10.1 Å². The number of hydrogen-bond donors (Lipinski definition) is 0. The van der Waals surface area contributed by atoms with Crippen LogP contribution >= 0.6 is 11.3 Å². The van der Waals surface area contributed by atoms with Crippen molar-refractivity contribution in [1.82, 2.24) is 4.57 Å². The van der Waals surface area contributed by atoms with Gasteiger partial charge in [0, 0.05) is 17.7 Å². The Morgan fingerprint density at radius 1 is 1.23 bits per heavy atom. The molecule has 9 heteroatoms. The Morgan fingerprint density at radius 3 is 2.67 bits per heavy atom.